The van der Waals surface area contributed by atoms with Crippen LogP contribution in [0.2, 0.25) is 0 Å². The molecule has 3 N–H and O–H groups in total. The molecular weight excluding hydrogens is 713 g/mol. The maximum Gasteiger partial charge on any atom is 0.259 e. The molecule has 0 unspecified atom stereocenters. The first-order valence-corrected chi connectivity index (χ1v) is 19.3. The zero-order valence-electron chi connectivity index (χ0n) is 28.9. The van der Waals surface area contributed by atoms with Gasteiger partial charge in [-0.2, -0.15) is 0 Å². The number of halogens is 2. The number of aromatic nitrogens is 3. The number of amides is 4. The Labute approximate surface area is 304 Å². The fraction of sp³-hybridized carbons (Fsp3) is 0.472. The summed E-state index contributed by atoms with van der Waals surface area (Å²) in [6.07, 6.45) is 8.70. The number of hydrogen-bond donors (Lipinski definition) is 3. The summed E-state index contributed by atoms with van der Waals surface area (Å²) in [5.41, 5.74) is -0.814. The predicted molar refractivity (Wildman–Crippen MR) is 186 cm³/mol. The Morgan fingerprint density at radius 2 is 1.87 bits per heavy atom. The summed E-state index contributed by atoms with van der Waals surface area (Å²) in [7, 11) is -3.93. The number of nitrogens with zero attached hydrogens (tertiary/aromatic N) is 4. The van der Waals surface area contributed by atoms with Gasteiger partial charge in [0.05, 0.1) is 34.6 Å². The quantitative estimate of drug-likeness (QED) is 0.303. The standard InChI is InChI=1S/C36H39F2N7O7S/c1-20-33(42-29-15-22(37)9-12-27(29)40-20)52-23-16-30-32(47)43-36(35(49)44-53(50,51)24-10-11-24)17-21(36)7-5-3-2-4-6-8-28(34(48)45(30)19-23)41-31(46)25-13-14-39-18-26(25)38/h5,7,9,12-15,18,21,23-24,28,30H,2-4,6,8,10-11,16-17,19H2,1H3,(H,41,46)(H,43,47)(H,44,49)/b7-5-/t21-,23-,28+,30+,36-/m1/s1. The molecule has 2 aromatic heterocycles. The normalized spacial score (nSPS) is 27.0. The van der Waals surface area contributed by atoms with Crippen molar-refractivity contribution in [2.75, 3.05) is 6.54 Å². The number of rotatable bonds is 7. The molecule has 1 aromatic carbocycles. The molecule has 4 heterocycles. The summed E-state index contributed by atoms with van der Waals surface area (Å²) in [4.78, 5) is 69.5. The van der Waals surface area contributed by atoms with E-state index < -0.39 is 80.2 Å². The number of carbonyl (C=O) groups excluding carboxylic acids is 4. The van der Waals surface area contributed by atoms with Gasteiger partial charge in [0.1, 0.15) is 35.2 Å². The maximum absolute atomic E-state index is 14.5. The number of ether oxygens (including phenoxy) is 1. The van der Waals surface area contributed by atoms with E-state index in [1.54, 1.807) is 6.92 Å². The summed E-state index contributed by atoms with van der Waals surface area (Å²) >= 11 is 0. The van der Waals surface area contributed by atoms with Crippen LogP contribution in [0, 0.1) is 24.5 Å². The fourth-order valence-electron chi connectivity index (χ4n) is 7.01. The lowest BCUT2D eigenvalue weighted by molar-refractivity contribution is -0.141. The number of aryl methyl sites for hydroxylation is 1. The molecule has 2 aliphatic heterocycles. The molecule has 1 saturated heterocycles. The second-order valence-electron chi connectivity index (χ2n) is 14.1. The maximum atomic E-state index is 14.5. The Morgan fingerprint density at radius 1 is 1.06 bits per heavy atom. The van der Waals surface area contributed by atoms with Crippen LogP contribution in [0.25, 0.3) is 11.0 Å². The van der Waals surface area contributed by atoms with Crippen molar-refractivity contribution in [3.63, 3.8) is 0 Å². The van der Waals surface area contributed by atoms with Gasteiger partial charge in [0.15, 0.2) is 5.82 Å². The molecule has 3 fully saturated rings. The van der Waals surface area contributed by atoms with E-state index >= 15 is 0 Å². The van der Waals surface area contributed by atoms with E-state index in [1.807, 2.05) is 12.2 Å². The molecule has 3 aromatic rings. The zero-order valence-corrected chi connectivity index (χ0v) is 29.7. The van der Waals surface area contributed by atoms with E-state index in [2.05, 4.69) is 30.3 Å². The minimum atomic E-state index is -3.93. The first-order chi connectivity index (χ1) is 25.3. The molecule has 4 amide bonds. The van der Waals surface area contributed by atoms with Gasteiger partial charge in [0.25, 0.3) is 11.8 Å². The Bertz CT molecular complexity index is 2110. The molecule has 2 saturated carbocycles. The minimum Gasteiger partial charge on any atom is -0.471 e. The Morgan fingerprint density at radius 3 is 2.64 bits per heavy atom. The molecule has 2 aliphatic carbocycles. The Hall–Kier alpha value is -5.06. The van der Waals surface area contributed by atoms with Crippen LogP contribution in [0.4, 0.5) is 8.78 Å². The molecule has 7 rings (SSSR count). The number of nitrogens with one attached hydrogen (secondary N) is 3. The Balaban J connectivity index is 1.20. The lowest BCUT2D eigenvalue weighted by Crippen LogP contribution is -2.58. The molecule has 17 heteroatoms. The summed E-state index contributed by atoms with van der Waals surface area (Å²) in [5, 5.41) is 4.79. The molecule has 280 valence electrons. The van der Waals surface area contributed by atoms with Crippen molar-refractivity contribution >= 4 is 44.7 Å². The van der Waals surface area contributed by atoms with Crippen molar-refractivity contribution < 1.29 is 41.1 Å². The summed E-state index contributed by atoms with van der Waals surface area (Å²) < 4.78 is 62.5. The predicted octanol–water partition coefficient (Wildman–Crippen LogP) is 2.76. The number of sulfonamides is 1. The average Bonchev–Trinajstić information content (AvgIpc) is 4.04. The van der Waals surface area contributed by atoms with Gasteiger partial charge in [-0.05, 0) is 63.6 Å². The molecule has 4 aliphatic rings. The highest BCUT2D eigenvalue weighted by Crippen LogP contribution is 2.46. The third-order valence-electron chi connectivity index (χ3n) is 10.2. The van der Waals surface area contributed by atoms with E-state index in [1.165, 1.54) is 35.4 Å². The summed E-state index contributed by atoms with van der Waals surface area (Å²) in [6, 6.07) is 2.76. The first kappa shape index (κ1) is 36.3. The summed E-state index contributed by atoms with van der Waals surface area (Å²) in [5.74, 6) is -4.84. The number of allylic oxidation sites excluding steroid dienone is 1. The third-order valence-corrected chi connectivity index (χ3v) is 12.0. The topological polar surface area (TPSA) is 190 Å². The first-order valence-electron chi connectivity index (χ1n) is 17.7. The van der Waals surface area contributed by atoms with Gasteiger partial charge in [-0.1, -0.05) is 25.0 Å². The van der Waals surface area contributed by atoms with Crippen LogP contribution in [0.1, 0.15) is 73.8 Å². The molecule has 0 radical (unpaired) electrons. The monoisotopic (exact) mass is 751 g/mol. The minimum absolute atomic E-state index is 0.0650. The molecule has 14 nitrogen and oxygen atoms in total. The number of benzene rings is 1. The van der Waals surface area contributed by atoms with Crippen molar-refractivity contribution in [3.8, 4) is 5.88 Å². The van der Waals surface area contributed by atoms with Gasteiger partial charge in [0, 0.05) is 24.6 Å². The smallest absolute Gasteiger partial charge is 0.259 e. The second-order valence-corrected chi connectivity index (χ2v) is 16.1. The highest BCUT2D eigenvalue weighted by molar-refractivity contribution is 7.91. The highest BCUT2D eigenvalue weighted by atomic mass is 32.2. The number of fused-ring (bicyclic) bond motifs is 3. The van der Waals surface area contributed by atoms with Gasteiger partial charge in [-0.15, -0.1) is 0 Å². The zero-order chi connectivity index (χ0) is 37.5. The van der Waals surface area contributed by atoms with Crippen molar-refractivity contribution in [2.45, 2.75) is 93.7 Å². The largest absolute Gasteiger partial charge is 0.471 e. The van der Waals surface area contributed by atoms with Crippen LogP contribution in [0.3, 0.4) is 0 Å². The highest BCUT2D eigenvalue weighted by Gasteiger charge is 2.62. The van der Waals surface area contributed by atoms with Crippen LogP contribution >= 0.6 is 0 Å². The van der Waals surface area contributed by atoms with E-state index in [-0.39, 0.29) is 42.8 Å². The van der Waals surface area contributed by atoms with Crippen LogP contribution < -0.4 is 20.1 Å². The van der Waals surface area contributed by atoms with Crippen molar-refractivity contribution in [3.05, 3.63) is 71.7 Å². The van der Waals surface area contributed by atoms with Crippen LogP contribution in [0.5, 0.6) is 5.88 Å². The lowest BCUT2D eigenvalue weighted by atomic mass is 10.0. The van der Waals surface area contributed by atoms with Gasteiger partial charge < -0.3 is 20.3 Å². The third kappa shape index (κ3) is 7.70. The lowest BCUT2D eigenvalue weighted by Gasteiger charge is -2.30. The van der Waals surface area contributed by atoms with Crippen LogP contribution in [-0.2, 0) is 24.4 Å². The number of carbonyl (C=O) groups is 4. The van der Waals surface area contributed by atoms with Crippen molar-refractivity contribution in [2.24, 2.45) is 5.92 Å². The Kier molecular flexibility index (Phi) is 9.86. The number of hydrogen-bond acceptors (Lipinski definition) is 10. The molecular formula is C36H39F2N7O7S. The van der Waals surface area contributed by atoms with Crippen molar-refractivity contribution in [1.82, 2.24) is 35.2 Å². The molecule has 0 bridgehead atoms. The van der Waals surface area contributed by atoms with Crippen LogP contribution in [0.15, 0.2) is 48.8 Å². The summed E-state index contributed by atoms with van der Waals surface area (Å²) in [6.45, 7) is 1.51. The molecule has 5 atom stereocenters. The van der Waals surface area contributed by atoms with Crippen molar-refractivity contribution in [1.29, 1.82) is 0 Å². The number of pyridine rings is 1. The van der Waals surface area contributed by atoms with Gasteiger partial charge in [-0.3, -0.25) is 28.9 Å². The fourth-order valence-corrected chi connectivity index (χ4v) is 8.38. The van der Waals surface area contributed by atoms with Gasteiger partial charge >= 0.3 is 0 Å². The van der Waals surface area contributed by atoms with E-state index in [0.29, 0.717) is 43.3 Å². The van der Waals surface area contributed by atoms with Gasteiger partial charge in [-0.25, -0.2) is 27.2 Å². The average molecular weight is 752 g/mol. The SMILES string of the molecule is Cc1nc2ccc(F)cc2nc1O[C@@H]1C[C@H]2C(=O)N[C@]3(C(=O)NS(=O)(=O)C4CC4)C[C@H]3/C=C\CCCCC[C@H](NC(=O)c3ccncc3F)C(=O)N2C1. The second kappa shape index (κ2) is 14.4. The van der Waals surface area contributed by atoms with E-state index in [4.69, 9.17) is 4.74 Å². The molecule has 53 heavy (non-hydrogen) atoms. The molecule has 0 spiro atoms. The van der Waals surface area contributed by atoms with E-state index in [9.17, 15) is 36.4 Å². The van der Waals surface area contributed by atoms with Crippen LogP contribution in [-0.4, -0.2) is 87.4 Å². The van der Waals surface area contributed by atoms with Gasteiger partial charge in [0.2, 0.25) is 27.7 Å². The van der Waals surface area contributed by atoms with E-state index in [0.717, 1.165) is 12.6 Å².